The Labute approximate surface area is 117 Å². The molecule has 0 spiro atoms. The highest BCUT2D eigenvalue weighted by Crippen LogP contribution is 2.26. The summed E-state index contributed by atoms with van der Waals surface area (Å²) in [5.74, 6) is 0. The third-order valence-corrected chi connectivity index (χ3v) is 4.51. The third kappa shape index (κ3) is 4.17. The van der Waals surface area contributed by atoms with Crippen LogP contribution in [0, 0.1) is 11.3 Å². The lowest BCUT2D eigenvalue weighted by Gasteiger charge is -2.40. The average Bonchev–Trinajstić information content (AvgIpc) is 3.20. The molecule has 0 bridgehead atoms. The van der Waals surface area contributed by atoms with Crippen LogP contribution in [-0.4, -0.2) is 48.8 Å². The van der Waals surface area contributed by atoms with E-state index in [4.69, 9.17) is 4.74 Å². The van der Waals surface area contributed by atoms with E-state index in [2.05, 4.69) is 23.2 Å². The van der Waals surface area contributed by atoms with Crippen molar-refractivity contribution in [3.05, 3.63) is 0 Å². The first kappa shape index (κ1) is 14.8. The SMILES string of the molecule is COC1(C)CCCN(CCC(C)(C#N)NC2CC2)C1. The van der Waals surface area contributed by atoms with Gasteiger partial charge in [-0.1, -0.05) is 0 Å². The Morgan fingerprint density at radius 1 is 1.53 bits per heavy atom. The molecule has 0 aromatic carbocycles. The second-order valence-corrected chi connectivity index (χ2v) is 6.65. The van der Waals surface area contributed by atoms with E-state index in [-0.39, 0.29) is 11.1 Å². The van der Waals surface area contributed by atoms with Gasteiger partial charge in [-0.3, -0.25) is 5.32 Å². The van der Waals surface area contributed by atoms with Crippen LogP contribution in [0.4, 0.5) is 0 Å². The van der Waals surface area contributed by atoms with Gasteiger partial charge < -0.3 is 9.64 Å². The minimum absolute atomic E-state index is 0.00871. The maximum absolute atomic E-state index is 9.38. The summed E-state index contributed by atoms with van der Waals surface area (Å²) in [7, 11) is 1.80. The summed E-state index contributed by atoms with van der Waals surface area (Å²) in [6.07, 6.45) is 5.66. The molecule has 1 N–H and O–H groups in total. The van der Waals surface area contributed by atoms with Crippen molar-refractivity contribution in [3.8, 4) is 6.07 Å². The van der Waals surface area contributed by atoms with Crippen molar-refractivity contribution in [1.82, 2.24) is 10.2 Å². The Morgan fingerprint density at radius 2 is 2.26 bits per heavy atom. The van der Waals surface area contributed by atoms with Gasteiger partial charge in [-0.2, -0.15) is 5.26 Å². The van der Waals surface area contributed by atoms with Crippen molar-refractivity contribution in [3.63, 3.8) is 0 Å². The highest BCUT2D eigenvalue weighted by Gasteiger charge is 2.35. The Bertz CT molecular complexity index is 350. The van der Waals surface area contributed by atoms with Gasteiger partial charge >= 0.3 is 0 Å². The molecule has 2 unspecified atom stereocenters. The van der Waals surface area contributed by atoms with Crippen LogP contribution in [0.1, 0.15) is 46.0 Å². The van der Waals surface area contributed by atoms with Gasteiger partial charge in [0, 0.05) is 26.2 Å². The molecule has 4 nitrogen and oxygen atoms in total. The highest BCUT2D eigenvalue weighted by molar-refractivity contribution is 5.07. The first-order valence-electron chi connectivity index (χ1n) is 7.45. The number of ether oxygens (including phenoxy) is 1. The van der Waals surface area contributed by atoms with Gasteiger partial charge in [0.15, 0.2) is 0 Å². The van der Waals surface area contributed by atoms with Crippen molar-refractivity contribution < 1.29 is 4.74 Å². The molecule has 108 valence electrons. The fraction of sp³-hybridized carbons (Fsp3) is 0.933. The van der Waals surface area contributed by atoms with Crippen LogP contribution in [0.15, 0.2) is 0 Å². The maximum atomic E-state index is 9.38. The van der Waals surface area contributed by atoms with Crippen LogP contribution in [0.5, 0.6) is 0 Å². The number of piperidine rings is 1. The minimum Gasteiger partial charge on any atom is -0.377 e. The van der Waals surface area contributed by atoms with E-state index < -0.39 is 0 Å². The lowest BCUT2D eigenvalue weighted by Crippen LogP contribution is -2.50. The number of methoxy groups -OCH3 is 1. The van der Waals surface area contributed by atoms with Crippen molar-refractivity contribution >= 4 is 0 Å². The molecule has 0 aromatic heterocycles. The molecule has 0 radical (unpaired) electrons. The number of nitrogens with one attached hydrogen (secondary N) is 1. The Kier molecular flexibility index (Phi) is 4.50. The fourth-order valence-corrected chi connectivity index (χ4v) is 2.89. The summed E-state index contributed by atoms with van der Waals surface area (Å²) in [6.45, 7) is 7.30. The quantitative estimate of drug-likeness (QED) is 0.797. The van der Waals surface area contributed by atoms with E-state index in [1.54, 1.807) is 7.11 Å². The Morgan fingerprint density at radius 3 is 2.84 bits per heavy atom. The second-order valence-electron chi connectivity index (χ2n) is 6.65. The number of hydrogen-bond acceptors (Lipinski definition) is 4. The molecular weight excluding hydrogens is 238 g/mol. The largest absolute Gasteiger partial charge is 0.377 e. The normalized spacial score (nSPS) is 31.7. The zero-order valence-corrected chi connectivity index (χ0v) is 12.5. The molecule has 2 fully saturated rings. The monoisotopic (exact) mass is 265 g/mol. The van der Waals surface area contributed by atoms with Crippen LogP contribution < -0.4 is 5.32 Å². The number of nitrogens with zero attached hydrogens (tertiary/aromatic N) is 2. The molecule has 0 amide bonds. The average molecular weight is 265 g/mol. The smallest absolute Gasteiger partial charge is 0.105 e. The zero-order valence-electron chi connectivity index (χ0n) is 12.5. The second kappa shape index (κ2) is 5.78. The van der Waals surface area contributed by atoms with Crippen LogP contribution in [-0.2, 0) is 4.74 Å². The van der Waals surface area contributed by atoms with E-state index in [9.17, 15) is 5.26 Å². The Hall–Kier alpha value is -0.630. The maximum Gasteiger partial charge on any atom is 0.105 e. The van der Waals surface area contributed by atoms with Gasteiger partial charge in [0.25, 0.3) is 0 Å². The fourth-order valence-electron chi connectivity index (χ4n) is 2.89. The van der Waals surface area contributed by atoms with Crippen molar-refractivity contribution in [2.75, 3.05) is 26.7 Å². The summed E-state index contributed by atoms with van der Waals surface area (Å²) in [5.41, 5.74) is -0.382. The number of hydrogen-bond donors (Lipinski definition) is 1. The van der Waals surface area contributed by atoms with Crippen LogP contribution in [0.25, 0.3) is 0 Å². The van der Waals surface area contributed by atoms with E-state index in [0.717, 1.165) is 32.5 Å². The molecule has 4 heteroatoms. The van der Waals surface area contributed by atoms with Gasteiger partial charge in [-0.15, -0.1) is 0 Å². The minimum atomic E-state index is -0.373. The number of rotatable bonds is 6. The molecule has 1 saturated carbocycles. The molecule has 1 saturated heterocycles. The van der Waals surface area contributed by atoms with Crippen LogP contribution >= 0.6 is 0 Å². The van der Waals surface area contributed by atoms with Gasteiger partial charge in [-0.25, -0.2) is 0 Å². The molecular formula is C15H27N3O. The van der Waals surface area contributed by atoms with Gasteiger partial charge in [-0.05, 0) is 52.5 Å². The molecule has 0 aromatic rings. The predicted octanol–water partition coefficient (Wildman–Crippen LogP) is 1.91. The Balaban J connectivity index is 1.81. The first-order valence-corrected chi connectivity index (χ1v) is 7.45. The van der Waals surface area contributed by atoms with Crippen LogP contribution in [0.2, 0.25) is 0 Å². The lowest BCUT2D eigenvalue weighted by molar-refractivity contribution is -0.0515. The van der Waals surface area contributed by atoms with Gasteiger partial charge in [0.1, 0.15) is 5.54 Å². The van der Waals surface area contributed by atoms with E-state index in [1.807, 2.05) is 6.92 Å². The predicted molar refractivity (Wildman–Crippen MR) is 75.9 cm³/mol. The summed E-state index contributed by atoms with van der Waals surface area (Å²) >= 11 is 0. The number of nitriles is 1. The van der Waals surface area contributed by atoms with Crippen molar-refractivity contribution in [2.24, 2.45) is 0 Å². The van der Waals surface area contributed by atoms with Crippen molar-refractivity contribution in [1.29, 1.82) is 5.26 Å². The van der Waals surface area contributed by atoms with E-state index in [1.165, 1.54) is 19.3 Å². The molecule has 1 aliphatic heterocycles. The molecule has 1 heterocycles. The molecule has 2 aliphatic rings. The van der Waals surface area contributed by atoms with Crippen LogP contribution in [0.3, 0.4) is 0 Å². The first-order chi connectivity index (χ1) is 8.99. The van der Waals surface area contributed by atoms with E-state index >= 15 is 0 Å². The summed E-state index contributed by atoms with van der Waals surface area (Å²) in [4.78, 5) is 2.44. The molecule has 19 heavy (non-hydrogen) atoms. The van der Waals surface area contributed by atoms with E-state index in [0.29, 0.717) is 6.04 Å². The standard InChI is InChI=1S/C15H27N3O/c1-14(11-16,17-13-5-6-13)8-10-18-9-4-7-15(2,12-18)19-3/h13,17H,4-10,12H2,1-3H3. The lowest BCUT2D eigenvalue weighted by atomic mass is 9.93. The number of likely N-dealkylation sites (tertiary alicyclic amines) is 1. The summed E-state index contributed by atoms with van der Waals surface area (Å²) in [6, 6.07) is 3.03. The van der Waals surface area contributed by atoms with Gasteiger partial charge in [0.05, 0.1) is 11.7 Å². The summed E-state index contributed by atoms with van der Waals surface area (Å²) < 4.78 is 5.62. The zero-order chi connectivity index (χ0) is 13.9. The third-order valence-electron chi connectivity index (χ3n) is 4.51. The molecule has 2 atom stereocenters. The molecule has 1 aliphatic carbocycles. The van der Waals surface area contributed by atoms with Crippen molar-refractivity contribution in [2.45, 2.75) is 63.1 Å². The highest BCUT2D eigenvalue weighted by atomic mass is 16.5. The topological polar surface area (TPSA) is 48.3 Å². The summed E-state index contributed by atoms with van der Waals surface area (Å²) in [5, 5.41) is 12.9. The molecule has 2 rings (SSSR count). The van der Waals surface area contributed by atoms with Gasteiger partial charge in [0.2, 0.25) is 0 Å².